The van der Waals surface area contributed by atoms with Gasteiger partial charge in [-0.25, -0.2) is 4.98 Å². The molecule has 1 fully saturated rings. The maximum atomic E-state index is 12.8. The summed E-state index contributed by atoms with van der Waals surface area (Å²) in [4.78, 5) is 20.9. The zero-order valence-corrected chi connectivity index (χ0v) is 14.4. The van der Waals surface area contributed by atoms with E-state index in [1.54, 1.807) is 18.1 Å². The molecule has 4 rings (SSSR count). The number of fused-ring (bicyclic) bond motifs is 2. The third-order valence-corrected chi connectivity index (χ3v) is 5.14. The third-order valence-electron chi connectivity index (χ3n) is 5.14. The van der Waals surface area contributed by atoms with E-state index in [4.69, 9.17) is 0 Å². The number of rotatable bonds is 2. The first-order chi connectivity index (χ1) is 12.0. The van der Waals surface area contributed by atoms with Crippen LogP contribution < -0.4 is 15.1 Å². The van der Waals surface area contributed by atoms with Gasteiger partial charge in [0.2, 0.25) is 0 Å². The zero-order valence-electron chi connectivity index (χ0n) is 14.4. The van der Waals surface area contributed by atoms with Crippen LogP contribution >= 0.6 is 0 Å². The summed E-state index contributed by atoms with van der Waals surface area (Å²) in [5.74, 6) is 0.729. The van der Waals surface area contributed by atoms with E-state index in [0.29, 0.717) is 5.56 Å². The van der Waals surface area contributed by atoms with E-state index in [1.807, 2.05) is 42.3 Å². The van der Waals surface area contributed by atoms with Gasteiger partial charge in [0, 0.05) is 26.2 Å². The first kappa shape index (κ1) is 15.9. The second-order valence-corrected chi connectivity index (χ2v) is 6.81. The van der Waals surface area contributed by atoms with Crippen LogP contribution in [0.3, 0.4) is 0 Å². The van der Waals surface area contributed by atoms with Gasteiger partial charge in [0.15, 0.2) is 0 Å². The van der Waals surface area contributed by atoms with Gasteiger partial charge in [-0.1, -0.05) is 12.1 Å². The molecular formula is C19H22N4O2. The first-order valence-corrected chi connectivity index (χ1v) is 8.60. The lowest BCUT2D eigenvalue weighted by molar-refractivity contribution is 0.0994. The smallest absolute Gasteiger partial charge is 0.260 e. The summed E-state index contributed by atoms with van der Waals surface area (Å²) in [6.45, 7) is 0. The van der Waals surface area contributed by atoms with Crippen molar-refractivity contribution in [2.75, 3.05) is 29.2 Å². The van der Waals surface area contributed by atoms with Crippen molar-refractivity contribution in [1.82, 2.24) is 4.98 Å². The molecule has 1 aliphatic heterocycles. The summed E-state index contributed by atoms with van der Waals surface area (Å²) >= 11 is 0. The fraction of sp³-hybridized carbons (Fsp3) is 0.368. The van der Waals surface area contributed by atoms with Gasteiger partial charge in [0.25, 0.3) is 5.91 Å². The molecule has 1 aliphatic carbocycles. The van der Waals surface area contributed by atoms with E-state index in [2.05, 4.69) is 10.3 Å². The van der Waals surface area contributed by atoms with Gasteiger partial charge in [0.05, 0.1) is 34.9 Å². The number of benzene rings is 1. The third kappa shape index (κ3) is 2.72. The molecule has 0 bridgehead atoms. The zero-order chi connectivity index (χ0) is 17.6. The van der Waals surface area contributed by atoms with Crippen LogP contribution in [0.2, 0.25) is 0 Å². The Morgan fingerprint density at radius 2 is 1.92 bits per heavy atom. The van der Waals surface area contributed by atoms with Crippen LogP contribution in [0.25, 0.3) is 0 Å². The van der Waals surface area contributed by atoms with E-state index in [0.717, 1.165) is 42.1 Å². The second kappa shape index (κ2) is 6.04. The standard InChI is InChI=1S/C19H22N4O2/c1-22-15-6-4-3-5-14(15)19(25)23(2)17-11-20-18(10-16(17)22)21-12-7-8-13(24)9-12/h3-6,10-13,24H,7-9H2,1-2H3,(H,20,21). The number of carbonyl (C=O) groups excluding carboxylic acids is 1. The van der Waals surface area contributed by atoms with E-state index < -0.39 is 0 Å². The van der Waals surface area contributed by atoms with Crippen molar-refractivity contribution < 1.29 is 9.90 Å². The fourth-order valence-corrected chi connectivity index (χ4v) is 3.71. The summed E-state index contributed by atoms with van der Waals surface area (Å²) in [6.07, 6.45) is 4.03. The second-order valence-electron chi connectivity index (χ2n) is 6.81. The Hall–Kier alpha value is -2.60. The van der Waals surface area contributed by atoms with Crippen molar-refractivity contribution >= 4 is 28.8 Å². The van der Waals surface area contributed by atoms with Gasteiger partial charge in [-0.05, 0) is 31.4 Å². The Kier molecular flexibility index (Phi) is 3.84. The quantitative estimate of drug-likeness (QED) is 0.881. The average Bonchev–Trinajstić information content (AvgIpc) is 3.01. The first-order valence-electron chi connectivity index (χ1n) is 8.60. The summed E-state index contributed by atoms with van der Waals surface area (Å²) in [5.41, 5.74) is 3.27. The Morgan fingerprint density at radius 3 is 2.68 bits per heavy atom. The fourth-order valence-electron chi connectivity index (χ4n) is 3.71. The number of aromatic nitrogens is 1. The number of aliphatic hydroxyl groups is 1. The maximum Gasteiger partial charge on any atom is 0.260 e. The minimum absolute atomic E-state index is 0.0392. The van der Waals surface area contributed by atoms with E-state index in [1.165, 1.54) is 0 Å². The lowest BCUT2D eigenvalue weighted by Gasteiger charge is -2.23. The molecule has 130 valence electrons. The van der Waals surface area contributed by atoms with Crippen molar-refractivity contribution in [3.05, 3.63) is 42.1 Å². The van der Waals surface area contributed by atoms with E-state index in [9.17, 15) is 9.90 Å². The summed E-state index contributed by atoms with van der Waals surface area (Å²) in [6, 6.07) is 9.84. The summed E-state index contributed by atoms with van der Waals surface area (Å²) in [7, 11) is 3.74. The molecule has 0 radical (unpaired) electrons. The van der Waals surface area contributed by atoms with Crippen molar-refractivity contribution in [3.63, 3.8) is 0 Å². The van der Waals surface area contributed by atoms with Crippen molar-refractivity contribution in [1.29, 1.82) is 0 Å². The van der Waals surface area contributed by atoms with Crippen molar-refractivity contribution in [2.45, 2.75) is 31.4 Å². The highest BCUT2D eigenvalue weighted by Gasteiger charge is 2.28. The lowest BCUT2D eigenvalue weighted by atomic mass is 10.1. The number of amides is 1. The molecule has 2 N–H and O–H groups in total. The summed E-state index contributed by atoms with van der Waals surface area (Å²) < 4.78 is 0. The number of aliphatic hydroxyl groups excluding tert-OH is 1. The van der Waals surface area contributed by atoms with Crippen molar-refractivity contribution in [2.24, 2.45) is 0 Å². The van der Waals surface area contributed by atoms with Crippen LogP contribution in [-0.2, 0) is 0 Å². The number of pyridine rings is 1. The van der Waals surface area contributed by atoms with E-state index in [-0.39, 0.29) is 18.1 Å². The van der Waals surface area contributed by atoms with Crippen LogP contribution in [0.15, 0.2) is 36.5 Å². The van der Waals surface area contributed by atoms with Crippen LogP contribution in [0.1, 0.15) is 29.6 Å². The molecular weight excluding hydrogens is 316 g/mol. The number of para-hydroxylation sites is 1. The number of hydrogen-bond acceptors (Lipinski definition) is 5. The molecule has 2 atom stereocenters. The average molecular weight is 338 g/mol. The van der Waals surface area contributed by atoms with Gasteiger partial charge in [0.1, 0.15) is 5.82 Å². The molecule has 2 aliphatic rings. The van der Waals surface area contributed by atoms with Gasteiger partial charge in [-0.2, -0.15) is 0 Å². The molecule has 1 aromatic heterocycles. The normalized spacial score (nSPS) is 22.4. The predicted octanol–water partition coefficient (Wildman–Crippen LogP) is 2.76. The number of carbonyl (C=O) groups is 1. The minimum Gasteiger partial charge on any atom is -0.393 e. The highest BCUT2D eigenvalue weighted by atomic mass is 16.3. The van der Waals surface area contributed by atoms with Crippen LogP contribution in [0, 0.1) is 0 Å². The van der Waals surface area contributed by atoms with Crippen molar-refractivity contribution in [3.8, 4) is 0 Å². The molecule has 25 heavy (non-hydrogen) atoms. The molecule has 1 aromatic carbocycles. The number of anilines is 4. The minimum atomic E-state index is -0.225. The predicted molar refractivity (Wildman–Crippen MR) is 98.7 cm³/mol. The topological polar surface area (TPSA) is 68.7 Å². The highest BCUT2D eigenvalue weighted by molar-refractivity contribution is 6.13. The largest absolute Gasteiger partial charge is 0.393 e. The van der Waals surface area contributed by atoms with Crippen LogP contribution in [-0.4, -0.2) is 42.2 Å². The SMILES string of the molecule is CN1C(=O)c2ccccc2N(C)c2cc(NC3CCC(O)C3)ncc21. The van der Waals surface area contributed by atoms with Gasteiger partial charge < -0.3 is 20.2 Å². The molecule has 6 nitrogen and oxygen atoms in total. The van der Waals surface area contributed by atoms with Gasteiger partial charge in [-0.15, -0.1) is 0 Å². The van der Waals surface area contributed by atoms with Gasteiger partial charge in [-0.3, -0.25) is 4.79 Å². The Bertz CT molecular complexity index is 823. The molecule has 2 heterocycles. The van der Waals surface area contributed by atoms with Crippen LogP contribution in [0.4, 0.5) is 22.9 Å². The molecule has 0 saturated heterocycles. The summed E-state index contributed by atoms with van der Waals surface area (Å²) in [5, 5.41) is 13.1. The molecule has 0 spiro atoms. The van der Waals surface area contributed by atoms with E-state index >= 15 is 0 Å². The Morgan fingerprint density at radius 1 is 1.12 bits per heavy atom. The molecule has 6 heteroatoms. The van der Waals surface area contributed by atoms with Gasteiger partial charge >= 0.3 is 0 Å². The molecule has 2 unspecified atom stereocenters. The number of nitrogens with one attached hydrogen (secondary N) is 1. The molecule has 1 saturated carbocycles. The van der Waals surface area contributed by atoms with Crippen LogP contribution in [0.5, 0.6) is 0 Å². The molecule has 2 aromatic rings. The Labute approximate surface area is 147 Å². The number of hydrogen-bond donors (Lipinski definition) is 2. The molecule has 1 amide bonds. The maximum absolute atomic E-state index is 12.8. The lowest BCUT2D eigenvalue weighted by Crippen LogP contribution is -2.25. The number of nitrogens with zero attached hydrogens (tertiary/aromatic N) is 3. The monoisotopic (exact) mass is 338 g/mol. The Balaban J connectivity index is 1.73. The highest BCUT2D eigenvalue weighted by Crippen LogP contribution is 2.39.